The average molecular weight is 394 g/mol. The lowest BCUT2D eigenvalue weighted by Gasteiger charge is -2.37. The van der Waals surface area contributed by atoms with Gasteiger partial charge < -0.3 is 20.1 Å². The Bertz CT molecular complexity index is 832. The van der Waals surface area contributed by atoms with E-state index in [4.69, 9.17) is 15.0 Å². The molecule has 0 saturated carbocycles. The first-order chi connectivity index (χ1) is 13.5. The molecule has 154 valence electrons. The molecule has 1 aromatic rings. The third-order valence-corrected chi connectivity index (χ3v) is 7.15. The molecule has 2 aliphatic heterocycles. The Morgan fingerprint density at radius 3 is 2.28 bits per heavy atom. The van der Waals surface area contributed by atoms with Crippen LogP contribution in [0.25, 0.3) is 5.57 Å². The van der Waals surface area contributed by atoms with E-state index in [1.165, 1.54) is 16.7 Å². The van der Waals surface area contributed by atoms with Crippen LogP contribution in [0.2, 0.25) is 6.82 Å². The molecular weight excluding hydrogens is 362 g/mol. The van der Waals surface area contributed by atoms with Crippen molar-refractivity contribution in [3.8, 4) is 0 Å². The zero-order chi connectivity index (χ0) is 21.0. The summed E-state index contributed by atoms with van der Waals surface area (Å²) in [5.41, 5.74) is 10.2. The first kappa shape index (κ1) is 20.9. The largest absolute Gasteiger partial charge is 0.494 e. The number of benzene rings is 1. The van der Waals surface area contributed by atoms with Crippen molar-refractivity contribution in [1.82, 2.24) is 4.81 Å². The summed E-state index contributed by atoms with van der Waals surface area (Å²) in [6, 6.07) is 8.44. The van der Waals surface area contributed by atoms with Crippen LogP contribution >= 0.6 is 0 Å². The van der Waals surface area contributed by atoms with Gasteiger partial charge in [-0.3, -0.25) is 4.81 Å². The van der Waals surface area contributed by atoms with E-state index in [-0.39, 0.29) is 18.3 Å². The molecule has 2 fully saturated rings. The Kier molecular flexibility index (Phi) is 5.11. The minimum Gasteiger partial charge on any atom is -0.437 e. The highest BCUT2D eigenvalue weighted by Crippen LogP contribution is 2.40. The minimum atomic E-state index is -0.547. The van der Waals surface area contributed by atoms with Crippen molar-refractivity contribution in [2.75, 3.05) is 6.54 Å². The fourth-order valence-electron chi connectivity index (χ4n) is 4.58. The Hall–Kier alpha value is -1.37. The summed E-state index contributed by atoms with van der Waals surface area (Å²) in [7, 11) is -0.877. The van der Waals surface area contributed by atoms with E-state index >= 15 is 0 Å². The van der Waals surface area contributed by atoms with Crippen molar-refractivity contribution >= 4 is 25.2 Å². The van der Waals surface area contributed by atoms with Gasteiger partial charge in [-0.05, 0) is 82.5 Å². The Morgan fingerprint density at radius 2 is 1.69 bits per heavy atom. The van der Waals surface area contributed by atoms with Gasteiger partial charge in [0.15, 0.2) is 0 Å². The highest BCUT2D eigenvalue weighted by atomic mass is 16.7. The van der Waals surface area contributed by atoms with Gasteiger partial charge in [0.1, 0.15) is 0 Å². The van der Waals surface area contributed by atoms with E-state index in [1.54, 1.807) is 6.82 Å². The van der Waals surface area contributed by atoms with E-state index in [0.29, 0.717) is 0 Å². The fraction of sp³-hybridized carbons (Fsp3) is 0.545. The van der Waals surface area contributed by atoms with Crippen molar-refractivity contribution in [2.24, 2.45) is 5.73 Å². The van der Waals surface area contributed by atoms with Crippen LogP contribution in [0, 0.1) is 0 Å². The molecule has 0 bridgehead atoms. The van der Waals surface area contributed by atoms with Crippen LogP contribution < -0.4 is 11.2 Å². The van der Waals surface area contributed by atoms with Crippen molar-refractivity contribution in [2.45, 2.75) is 70.6 Å². The van der Waals surface area contributed by atoms with E-state index in [9.17, 15) is 5.02 Å². The molecule has 0 radical (unpaired) electrons. The van der Waals surface area contributed by atoms with Gasteiger partial charge in [-0.25, -0.2) is 0 Å². The summed E-state index contributed by atoms with van der Waals surface area (Å²) >= 11 is 0. The van der Waals surface area contributed by atoms with Gasteiger partial charge in [-0.2, -0.15) is 0 Å². The lowest BCUT2D eigenvalue weighted by Crippen LogP contribution is -2.58. The molecule has 0 unspecified atom stereocenters. The molecule has 0 spiro atoms. The van der Waals surface area contributed by atoms with Gasteiger partial charge in [0.25, 0.3) is 0 Å². The summed E-state index contributed by atoms with van der Waals surface area (Å²) in [5, 5.41) is 10.1. The van der Waals surface area contributed by atoms with Gasteiger partial charge in [0.2, 0.25) is 0 Å². The van der Waals surface area contributed by atoms with Gasteiger partial charge in [-0.1, -0.05) is 36.4 Å². The molecule has 4 rings (SSSR count). The van der Waals surface area contributed by atoms with E-state index < -0.39 is 12.7 Å². The summed E-state index contributed by atoms with van der Waals surface area (Å²) in [4.78, 5) is 2.01. The maximum absolute atomic E-state index is 10.1. The summed E-state index contributed by atoms with van der Waals surface area (Å²) < 4.78 is 12.3. The van der Waals surface area contributed by atoms with Crippen LogP contribution in [0.5, 0.6) is 0 Å². The SMILES string of the molecule is CB(O)N1CCC[C@@]1(N)C1=CC=C(c2ccc(B3OC(C)(C)C(C)(C)O3)cc2)C1. The number of hydrogen-bond acceptors (Lipinski definition) is 5. The summed E-state index contributed by atoms with van der Waals surface area (Å²) in [6.07, 6.45) is 7.00. The monoisotopic (exact) mass is 394 g/mol. The Labute approximate surface area is 175 Å². The van der Waals surface area contributed by atoms with Crippen molar-refractivity contribution in [3.63, 3.8) is 0 Å². The van der Waals surface area contributed by atoms with Crippen LogP contribution in [-0.4, -0.2) is 47.4 Å². The zero-order valence-corrected chi connectivity index (χ0v) is 18.2. The van der Waals surface area contributed by atoms with Crippen LogP contribution in [0.3, 0.4) is 0 Å². The molecular formula is C22H32B2N2O3. The summed E-state index contributed by atoms with van der Waals surface area (Å²) in [6.45, 7) is 10.9. The first-order valence-corrected chi connectivity index (χ1v) is 10.6. The van der Waals surface area contributed by atoms with Crippen LogP contribution in [0.1, 0.15) is 52.5 Å². The first-order valence-electron chi connectivity index (χ1n) is 10.6. The predicted molar refractivity (Wildman–Crippen MR) is 120 cm³/mol. The molecule has 0 aromatic heterocycles. The maximum Gasteiger partial charge on any atom is 0.494 e. The van der Waals surface area contributed by atoms with Gasteiger partial charge >= 0.3 is 14.2 Å². The third-order valence-electron chi connectivity index (χ3n) is 7.15. The molecule has 29 heavy (non-hydrogen) atoms. The molecule has 1 aliphatic carbocycles. The number of hydrogen-bond donors (Lipinski definition) is 2. The van der Waals surface area contributed by atoms with Gasteiger partial charge in [0.05, 0.1) is 16.9 Å². The van der Waals surface area contributed by atoms with Crippen LogP contribution in [0.15, 0.2) is 42.0 Å². The number of rotatable bonds is 4. The van der Waals surface area contributed by atoms with Gasteiger partial charge in [0, 0.05) is 0 Å². The summed E-state index contributed by atoms with van der Waals surface area (Å²) in [5.74, 6) is 0. The van der Waals surface area contributed by atoms with Crippen LogP contribution in [-0.2, 0) is 9.31 Å². The third kappa shape index (κ3) is 3.53. The molecule has 5 nitrogen and oxygen atoms in total. The van der Waals surface area contributed by atoms with Crippen molar-refractivity contribution < 1.29 is 14.3 Å². The molecule has 1 aromatic carbocycles. The van der Waals surface area contributed by atoms with E-state index in [0.717, 1.165) is 31.3 Å². The lowest BCUT2D eigenvalue weighted by atomic mass is 9.78. The molecule has 3 N–H and O–H groups in total. The molecule has 2 saturated heterocycles. The second-order valence-electron chi connectivity index (χ2n) is 9.62. The molecule has 0 amide bonds. The topological polar surface area (TPSA) is 68.0 Å². The van der Waals surface area contributed by atoms with E-state index in [1.807, 2.05) is 4.81 Å². The molecule has 1 atom stereocenters. The highest BCUT2D eigenvalue weighted by molar-refractivity contribution is 6.62. The van der Waals surface area contributed by atoms with Gasteiger partial charge in [-0.15, -0.1) is 0 Å². The maximum atomic E-state index is 10.1. The highest BCUT2D eigenvalue weighted by Gasteiger charge is 2.51. The van der Waals surface area contributed by atoms with Crippen molar-refractivity contribution in [1.29, 1.82) is 0 Å². The predicted octanol–water partition coefficient (Wildman–Crippen LogP) is 2.56. The Balaban J connectivity index is 1.45. The smallest absolute Gasteiger partial charge is 0.437 e. The second kappa shape index (κ2) is 7.10. The molecule has 7 heteroatoms. The quantitative estimate of drug-likeness (QED) is 0.769. The normalized spacial score (nSPS) is 28.6. The number of nitrogens with zero attached hydrogens (tertiary/aromatic N) is 1. The van der Waals surface area contributed by atoms with E-state index in [2.05, 4.69) is 64.1 Å². The molecule has 3 aliphatic rings. The number of nitrogens with two attached hydrogens (primary N) is 1. The zero-order valence-electron chi connectivity index (χ0n) is 18.2. The second-order valence-corrected chi connectivity index (χ2v) is 9.62. The molecule has 2 heterocycles. The minimum absolute atomic E-state index is 0.338. The lowest BCUT2D eigenvalue weighted by molar-refractivity contribution is 0.00578. The number of allylic oxidation sites excluding steroid dienone is 3. The average Bonchev–Trinajstić information content (AvgIpc) is 3.33. The fourth-order valence-corrected chi connectivity index (χ4v) is 4.58. The Morgan fingerprint density at radius 1 is 1.07 bits per heavy atom. The van der Waals surface area contributed by atoms with Crippen molar-refractivity contribution in [3.05, 3.63) is 47.6 Å². The van der Waals surface area contributed by atoms with Crippen LogP contribution in [0.4, 0.5) is 0 Å². The standard InChI is InChI=1S/C22H32B2N2O3/c1-20(2)21(3,4)29-24(28-20)19-11-8-16(9-12-19)17-7-10-18(15-17)22(25)13-6-14-26(22)23(5)27/h7-12,27H,6,13-15,25H2,1-5H3/t22-/m0/s1.